The molecule has 0 spiro atoms. The Morgan fingerprint density at radius 1 is 1.19 bits per heavy atom. The molecule has 0 bridgehead atoms. The van der Waals surface area contributed by atoms with Crippen molar-refractivity contribution in [3.8, 4) is 17.1 Å². The maximum absolute atomic E-state index is 12.9. The first kappa shape index (κ1) is 18.3. The number of hydrogen-bond acceptors (Lipinski definition) is 5. The fourth-order valence-electron chi connectivity index (χ4n) is 2.42. The Morgan fingerprint density at radius 3 is 2.46 bits per heavy atom. The first-order chi connectivity index (χ1) is 12.3. The minimum Gasteiger partial charge on any atom is -0.546 e. The molecule has 0 aliphatic heterocycles. The third-order valence-electron chi connectivity index (χ3n) is 3.86. The molecule has 7 heteroatoms. The lowest BCUT2D eigenvalue weighted by Crippen LogP contribution is -2.38. The lowest BCUT2D eigenvalue weighted by molar-refractivity contribution is -0.312. The molecule has 0 radical (unpaired) electrons. The number of aliphatic carboxylic acids is 1. The molecule has 0 fully saturated rings. The van der Waals surface area contributed by atoms with Crippen LogP contribution in [0.2, 0.25) is 10.0 Å². The zero-order valence-electron chi connectivity index (χ0n) is 13.8. The van der Waals surface area contributed by atoms with Crippen LogP contribution in [0.5, 0.6) is 5.75 Å². The predicted molar refractivity (Wildman–Crippen MR) is 97.8 cm³/mol. The van der Waals surface area contributed by atoms with Gasteiger partial charge in [-0.1, -0.05) is 23.2 Å². The maximum Gasteiger partial charge on any atom is 0.235 e. The number of hydrogen-bond donors (Lipinski definition) is 0. The van der Waals surface area contributed by atoms with Crippen LogP contribution in [0.25, 0.3) is 22.3 Å². The summed E-state index contributed by atoms with van der Waals surface area (Å²) in [5.74, 6) is -1.57. The Hall–Kier alpha value is -2.50. The molecule has 5 nitrogen and oxygen atoms in total. The molecular weight excluding hydrogens is 379 g/mol. The predicted octanol–water partition coefficient (Wildman–Crippen LogP) is 3.59. The number of rotatable bonds is 4. The standard InChI is InChI=1S/C19H14Cl2O5/c1-9-7-15-13(8-14(9)21)16(22)18(25-10(2)19(23)24)17(26-15)11-3-5-12(20)6-4-11/h3-8,10H,1-2H3,(H,23,24)/p-1/t10-/m1/s1. The van der Waals surface area contributed by atoms with E-state index in [4.69, 9.17) is 32.4 Å². The molecule has 0 saturated heterocycles. The molecule has 0 unspecified atom stereocenters. The van der Waals surface area contributed by atoms with E-state index in [2.05, 4.69) is 0 Å². The van der Waals surface area contributed by atoms with Crippen LogP contribution in [-0.2, 0) is 4.79 Å². The van der Waals surface area contributed by atoms with E-state index >= 15 is 0 Å². The number of benzene rings is 2. The van der Waals surface area contributed by atoms with Gasteiger partial charge in [0.2, 0.25) is 11.2 Å². The zero-order valence-corrected chi connectivity index (χ0v) is 15.4. The minimum atomic E-state index is -1.45. The van der Waals surface area contributed by atoms with Gasteiger partial charge in [-0.25, -0.2) is 0 Å². The van der Waals surface area contributed by atoms with E-state index in [1.807, 2.05) is 0 Å². The van der Waals surface area contributed by atoms with Gasteiger partial charge in [0.25, 0.3) is 0 Å². The fraction of sp³-hybridized carbons (Fsp3) is 0.158. The molecule has 0 amide bonds. The molecule has 1 atom stereocenters. The summed E-state index contributed by atoms with van der Waals surface area (Å²) in [6, 6.07) is 9.66. The maximum atomic E-state index is 12.9. The SMILES string of the molecule is Cc1cc2oc(-c3ccc(Cl)cc3)c(O[C@H](C)C(=O)[O-])c(=O)c2cc1Cl. The first-order valence-corrected chi connectivity index (χ1v) is 8.44. The molecule has 0 N–H and O–H groups in total. The third-order valence-corrected chi connectivity index (χ3v) is 4.52. The van der Waals surface area contributed by atoms with Crippen molar-refractivity contribution in [1.29, 1.82) is 0 Å². The summed E-state index contributed by atoms with van der Waals surface area (Å²) < 4.78 is 11.2. The van der Waals surface area contributed by atoms with Crippen LogP contribution in [0.4, 0.5) is 0 Å². The van der Waals surface area contributed by atoms with Gasteiger partial charge in [0.15, 0.2) is 5.76 Å². The van der Waals surface area contributed by atoms with Gasteiger partial charge in [0, 0.05) is 15.6 Å². The molecule has 1 heterocycles. The number of carboxylic acid groups (broad SMARTS) is 1. The molecule has 0 aliphatic rings. The van der Waals surface area contributed by atoms with Gasteiger partial charge in [0.1, 0.15) is 11.7 Å². The molecule has 2 aromatic carbocycles. The number of carbonyl (C=O) groups excluding carboxylic acids is 1. The number of halogens is 2. The van der Waals surface area contributed by atoms with E-state index < -0.39 is 17.5 Å². The summed E-state index contributed by atoms with van der Waals surface area (Å²) in [6.45, 7) is 3.05. The molecule has 1 aromatic heterocycles. The highest BCUT2D eigenvalue weighted by Crippen LogP contribution is 2.33. The van der Waals surface area contributed by atoms with Crippen LogP contribution in [-0.4, -0.2) is 12.1 Å². The number of ether oxygens (including phenoxy) is 1. The average molecular weight is 392 g/mol. The van der Waals surface area contributed by atoms with Crippen molar-refractivity contribution in [2.24, 2.45) is 0 Å². The second kappa shape index (κ2) is 7.02. The molecule has 134 valence electrons. The van der Waals surface area contributed by atoms with Crippen LogP contribution in [0.15, 0.2) is 45.6 Å². The summed E-state index contributed by atoms with van der Waals surface area (Å²) >= 11 is 12.0. The van der Waals surface area contributed by atoms with Crippen molar-refractivity contribution in [2.45, 2.75) is 20.0 Å². The van der Waals surface area contributed by atoms with E-state index in [1.54, 1.807) is 37.3 Å². The Bertz CT molecular complexity index is 1050. The van der Waals surface area contributed by atoms with Crippen LogP contribution < -0.4 is 15.3 Å². The number of aryl methyl sites for hydroxylation is 1. The van der Waals surface area contributed by atoms with E-state index in [0.29, 0.717) is 21.2 Å². The highest BCUT2D eigenvalue weighted by Gasteiger charge is 2.21. The molecule has 0 aliphatic carbocycles. The Morgan fingerprint density at radius 2 is 1.85 bits per heavy atom. The summed E-state index contributed by atoms with van der Waals surface area (Å²) in [4.78, 5) is 24.0. The van der Waals surface area contributed by atoms with Crippen molar-refractivity contribution in [2.75, 3.05) is 0 Å². The van der Waals surface area contributed by atoms with Crippen molar-refractivity contribution in [3.05, 3.63) is 62.2 Å². The Labute approximate surface area is 158 Å². The summed E-state index contributed by atoms with van der Waals surface area (Å²) in [5, 5.41) is 12.2. The minimum absolute atomic E-state index is 0.106. The van der Waals surface area contributed by atoms with E-state index in [1.165, 1.54) is 13.0 Å². The Kier molecular flexibility index (Phi) is 4.94. The van der Waals surface area contributed by atoms with Gasteiger partial charge in [-0.3, -0.25) is 4.79 Å². The van der Waals surface area contributed by atoms with Gasteiger partial charge >= 0.3 is 0 Å². The molecular formula is C19H13Cl2O5-. The molecule has 3 aromatic rings. The van der Waals surface area contributed by atoms with Gasteiger partial charge in [0.05, 0.1) is 11.4 Å². The van der Waals surface area contributed by atoms with Crippen molar-refractivity contribution in [1.82, 2.24) is 0 Å². The van der Waals surface area contributed by atoms with Gasteiger partial charge in [-0.15, -0.1) is 0 Å². The number of carbonyl (C=O) groups is 1. The van der Waals surface area contributed by atoms with Crippen molar-refractivity contribution >= 4 is 40.1 Å². The van der Waals surface area contributed by atoms with Gasteiger partial charge in [-0.2, -0.15) is 0 Å². The fourth-order valence-corrected chi connectivity index (χ4v) is 2.71. The highest BCUT2D eigenvalue weighted by molar-refractivity contribution is 6.32. The van der Waals surface area contributed by atoms with E-state index in [0.717, 1.165) is 5.56 Å². The zero-order chi connectivity index (χ0) is 19.0. The number of fused-ring (bicyclic) bond motifs is 1. The smallest absolute Gasteiger partial charge is 0.235 e. The normalized spacial score (nSPS) is 12.2. The van der Waals surface area contributed by atoms with Crippen LogP contribution >= 0.6 is 23.2 Å². The van der Waals surface area contributed by atoms with Crippen molar-refractivity contribution in [3.63, 3.8) is 0 Å². The van der Waals surface area contributed by atoms with Gasteiger partial charge in [-0.05, 0) is 55.8 Å². The second-order valence-corrected chi connectivity index (χ2v) is 6.62. The first-order valence-electron chi connectivity index (χ1n) is 7.68. The lowest BCUT2D eigenvalue weighted by Gasteiger charge is -2.17. The molecule has 3 rings (SSSR count). The van der Waals surface area contributed by atoms with Crippen LogP contribution in [0, 0.1) is 6.92 Å². The highest BCUT2D eigenvalue weighted by atomic mass is 35.5. The number of carboxylic acids is 1. The van der Waals surface area contributed by atoms with E-state index in [-0.39, 0.29) is 16.9 Å². The average Bonchev–Trinajstić information content (AvgIpc) is 2.59. The lowest BCUT2D eigenvalue weighted by atomic mass is 10.1. The Balaban J connectivity index is 2.32. The largest absolute Gasteiger partial charge is 0.546 e. The topological polar surface area (TPSA) is 79.6 Å². The monoisotopic (exact) mass is 391 g/mol. The molecule has 26 heavy (non-hydrogen) atoms. The van der Waals surface area contributed by atoms with Gasteiger partial charge < -0.3 is 19.1 Å². The third kappa shape index (κ3) is 3.41. The summed E-state index contributed by atoms with van der Waals surface area (Å²) in [6.07, 6.45) is -1.35. The molecule has 0 saturated carbocycles. The summed E-state index contributed by atoms with van der Waals surface area (Å²) in [7, 11) is 0. The van der Waals surface area contributed by atoms with Crippen molar-refractivity contribution < 1.29 is 19.1 Å². The second-order valence-electron chi connectivity index (χ2n) is 5.77. The van der Waals surface area contributed by atoms with E-state index in [9.17, 15) is 14.7 Å². The summed E-state index contributed by atoms with van der Waals surface area (Å²) in [5.41, 5.74) is 1.05. The van der Waals surface area contributed by atoms with Crippen LogP contribution in [0.1, 0.15) is 12.5 Å². The van der Waals surface area contributed by atoms with Crippen LogP contribution in [0.3, 0.4) is 0 Å². The quantitative estimate of drug-likeness (QED) is 0.678.